The van der Waals surface area contributed by atoms with Gasteiger partial charge >= 0.3 is 0 Å². The van der Waals surface area contributed by atoms with Crippen LogP contribution in [0.2, 0.25) is 0 Å². The Morgan fingerprint density at radius 3 is 2.74 bits per heavy atom. The quantitative estimate of drug-likeness (QED) is 0.750. The molecule has 3 rings (SSSR count). The Balaban J connectivity index is 1.66. The van der Waals surface area contributed by atoms with Crippen LogP contribution in [0.3, 0.4) is 0 Å². The average Bonchev–Trinajstić information content (AvgIpc) is 2.96. The molecule has 122 valence electrons. The number of benzene rings is 1. The zero-order chi connectivity index (χ0) is 16.4. The number of sulfone groups is 1. The Hall–Kier alpha value is -2.19. The number of nitrogens with zero attached hydrogens (tertiary/aromatic N) is 1. The predicted octanol–water partition coefficient (Wildman–Crippen LogP) is 0.389. The first-order valence-corrected chi connectivity index (χ1v) is 9.18. The van der Waals surface area contributed by atoms with Crippen molar-refractivity contribution >= 4 is 15.7 Å². The highest BCUT2D eigenvalue weighted by atomic mass is 32.2. The molecule has 1 aromatic carbocycles. The number of hydrogen-bond donors (Lipinski definition) is 3. The number of fused-ring (bicyclic) bond motifs is 1. The van der Waals surface area contributed by atoms with Crippen molar-refractivity contribution < 1.29 is 13.2 Å². The van der Waals surface area contributed by atoms with Crippen molar-refractivity contribution in [2.45, 2.75) is 24.4 Å². The van der Waals surface area contributed by atoms with Crippen LogP contribution in [-0.4, -0.2) is 37.3 Å². The van der Waals surface area contributed by atoms with Gasteiger partial charge in [0.2, 0.25) is 0 Å². The summed E-state index contributed by atoms with van der Waals surface area (Å²) in [6, 6.07) is 6.46. The van der Waals surface area contributed by atoms with Crippen LogP contribution in [0.4, 0.5) is 0 Å². The summed E-state index contributed by atoms with van der Waals surface area (Å²) in [7, 11) is -3.21. The number of carbonyl (C=O) groups is 1. The minimum atomic E-state index is -3.21. The average molecular weight is 334 g/mol. The van der Waals surface area contributed by atoms with Gasteiger partial charge in [0, 0.05) is 43.6 Å². The summed E-state index contributed by atoms with van der Waals surface area (Å²) in [6.07, 6.45) is 2.00. The standard InChI is InChI=1S/C15H18N4O3S/c1-23(21,22)11-4-2-10(3-5-11)8-17-15(20)14-12-9-16-7-6-13(12)18-19-14/h2-5,16H,6-9H2,1H3,(H,17,20)(H,18,19). The lowest BCUT2D eigenvalue weighted by Gasteiger charge is -2.12. The Kier molecular flexibility index (Phi) is 4.18. The molecule has 0 spiro atoms. The second-order valence-electron chi connectivity index (χ2n) is 5.55. The monoisotopic (exact) mass is 334 g/mol. The summed E-state index contributed by atoms with van der Waals surface area (Å²) in [5.74, 6) is -0.238. The zero-order valence-electron chi connectivity index (χ0n) is 12.7. The van der Waals surface area contributed by atoms with Gasteiger partial charge in [-0.25, -0.2) is 8.42 Å². The van der Waals surface area contributed by atoms with Gasteiger partial charge in [0.15, 0.2) is 15.5 Å². The molecule has 23 heavy (non-hydrogen) atoms. The van der Waals surface area contributed by atoms with Crippen LogP contribution in [0, 0.1) is 0 Å². The van der Waals surface area contributed by atoms with E-state index in [1.807, 2.05) is 0 Å². The molecule has 0 saturated heterocycles. The minimum absolute atomic E-state index is 0.238. The fourth-order valence-corrected chi connectivity index (χ4v) is 3.16. The Labute approximate surface area is 134 Å². The number of amides is 1. The number of H-pyrrole nitrogens is 1. The summed E-state index contributed by atoms with van der Waals surface area (Å²) in [6.45, 7) is 1.83. The topological polar surface area (TPSA) is 104 Å². The molecule has 0 bridgehead atoms. The van der Waals surface area contributed by atoms with Gasteiger partial charge in [-0.3, -0.25) is 9.89 Å². The van der Waals surface area contributed by atoms with Crippen molar-refractivity contribution in [2.75, 3.05) is 12.8 Å². The Morgan fingerprint density at radius 2 is 2.04 bits per heavy atom. The molecule has 0 aliphatic carbocycles. The van der Waals surface area contributed by atoms with E-state index in [9.17, 15) is 13.2 Å². The third kappa shape index (κ3) is 3.43. The van der Waals surface area contributed by atoms with Crippen molar-refractivity contribution in [3.8, 4) is 0 Å². The molecule has 0 radical (unpaired) electrons. The molecule has 1 aromatic heterocycles. The second-order valence-corrected chi connectivity index (χ2v) is 7.57. The van der Waals surface area contributed by atoms with Gasteiger partial charge in [-0.1, -0.05) is 12.1 Å². The van der Waals surface area contributed by atoms with Gasteiger partial charge in [-0.2, -0.15) is 5.10 Å². The molecule has 1 aliphatic heterocycles. The number of hydrogen-bond acceptors (Lipinski definition) is 5. The molecule has 0 atom stereocenters. The fourth-order valence-electron chi connectivity index (χ4n) is 2.53. The second kappa shape index (κ2) is 6.13. The van der Waals surface area contributed by atoms with E-state index in [-0.39, 0.29) is 10.8 Å². The van der Waals surface area contributed by atoms with Gasteiger partial charge in [0.1, 0.15) is 0 Å². The first kappa shape index (κ1) is 15.7. The van der Waals surface area contributed by atoms with E-state index >= 15 is 0 Å². The van der Waals surface area contributed by atoms with Crippen LogP contribution in [0.5, 0.6) is 0 Å². The first-order valence-electron chi connectivity index (χ1n) is 7.29. The van der Waals surface area contributed by atoms with Crippen LogP contribution < -0.4 is 10.6 Å². The smallest absolute Gasteiger partial charge is 0.272 e. The van der Waals surface area contributed by atoms with Gasteiger partial charge in [0.25, 0.3) is 5.91 Å². The van der Waals surface area contributed by atoms with Gasteiger partial charge in [-0.15, -0.1) is 0 Å². The SMILES string of the molecule is CS(=O)(=O)c1ccc(CNC(=O)c2n[nH]c3c2CNCC3)cc1. The Bertz CT molecular complexity index is 825. The highest BCUT2D eigenvalue weighted by Gasteiger charge is 2.21. The molecular weight excluding hydrogens is 316 g/mol. The van der Waals surface area contributed by atoms with E-state index in [1.165, 1.54) is 18.4 Å². The van der Waals surface area contributed by atoms with Crippen LogP contribution in [0.1, 0.15) is 27.3 Å². The molecule has 7 nitrogen and oxygen atoms in total. The summed E-state index contributed by atoms with van der Waals surface area (Å²) < 4.78 is 22.8. The van der Waals surface area contributed by atoms with Crippen molar-refractivity contribution in [3.05, 3.63) is 46.8 Å². The number of aromatic amines is 1. The molecule has 2 aromatic rings. The van der Waals surface area contributed by atoms with Crippen molar-refractivity contribution in [1.82, 2.24) is 20.8 Å². The molecule has 0 fully saturated rings. The van der Waals surface area contributed by atoms with E-state index in [0.29, 0.717) is 18.8 Å². The first-order chi connectivity index (χ1) is 10.9. The summed E-state index contributed by atoms with van der Waals surface area (Å²) in [5.41, 5.74) is 3.17. The van der Waals surface area contributed by atoms with Gasteiger partial charge in [-0.05, 0) is 17.7 Å². The van der Waals surface area contributed by atoms with Crippen molar-refractivity contribution in [1.29, 1.82) is 0 Å². The van der Waals surface area contributed by atoms with E-state index < -0.39 is 9.84 Å². The highest BCUT2D eigenvalue weighted by molar-refractivity contribution is 7.90. The third-order valence-corrected chi connectivity index (χ3v) is 4.95. The minimum Gasteiger partial charge on any atom is -0.347 e. The van der Waals surface area contributed by atoms with Gasteiger partial charge < -0.3 is 10.6 Å². The molecule has 1 aliphatic rings. The lowest BCUT2D eigenvalue weighted by atomic mass is 10.1. The maximum absolute atomic E-state index is 12.3. The van der Waals surface area contributed by atoms with E-state index in [2.05, 4.69) is 20.8 Å². The lowest BCUT2D eigenvalue weighted by Crippen LogP contribution is -2.28. The Morgan fingerprint density at radius 1 is 1.30 bits per heavy atom. The maximum Gasteiger partial charge on any atom is 0.272 e. The normalized spacial score (nSPS) is 14.3. The van der Waals surface area contributed by atoms with Crippen LogP contribution >= 0.6 is 0 Å². The molecule has 0 unspecified atom stereocenters. The van der Waals surface area contributed by atoms with E-state index in [4.69, 9.17) is 0 Å². The number of aromatic nitrogens is 2. The molecule has 2 heterocycles. The molecule has 3 N–H and O–H groups in total. The number of nitrogens with one attached hydrogen (secondary N) is 3. The third-order valence-electron chi connectivity index (χ3n) is 3.83. The molecule has 1 amide bonds. The summed E-state index contributed by atoms with van der Waals surface area (Å²) in [5, 5.41) is 13.0. The molecular formula is C15H18N4O3S. The van der Waals surface area contributed by atoms with E-state index in [1.54, 1.807) is 12.1 Å². The van der Waals surface area contributed by atoms with Crippen LogP contribution in [0.25, 0.3) is 0 Å². The van der Waals surface area contributed by atoms with Crippen molar-refractivity contribution in [2.24, 2.45) is 0 Å². The predicted molar refractivity (Wildman–Crippen MR) is 84.7 cm³/mol. The highest BCUT2D eigenvalue weighted by Crippen LogP contribution is 2.15. The largest absolute Gasteiger partial charge is 0.347 e. The maximum atomic E-state index is 12.3. The fraction of sp³-hybridized carbons (Fsp3) is 0.333. The number of carbonyl (C=O) groups excluding carboxylic acids is 1. The van der Waals surface area contributed by atoms with Crippen LogP contribution in [0.15, 0.2) is 29.2 Å². The van der Waals surface area contributed by atoms with Crippen LogP contribution in [-0.2, 0) is 29.3 Å². The van der Waals surface area contributed by atoms with E-state index in [0.717, 1.165) is 29.8 Å². The van der Waals surface area contributed by atoms with Crippen molar-refractivity contribution in [3.63, 3.8) is 0 Å². The number of rotatable bonds is 4. The summed E-state index contributed by atoms with van der Waals surface area (Å²) >= 11 is 0. The lowest BCUT2D eigenvalue weighted by molar-refractivity contribution is 0.0944. The zero-order valence-corrected chi connectivity index (χ0v) is 13.5. The summed E-state index contributed by atoms with van der Waals surface area (Å²) in [4.78, 5) is 12.5. The molecule has 0 saturated carbocycles. The molecule has 8 heteroatoms. The van der Waals surface area contributed by atoms with Gasteiger partial charge in [0.05, 0.1) is 4.90 Å².